The van der Waals surface area contributed by atoms with Crippen LogP contribution in [0.25, 0.3) is 0 Å². The Bertz CT molecular complexity index is 629. The van der Waals surface area contributed by atoms with Crippen LogP contribution in [0.2, 0.25) is 0 Å². The summed E-state index contributed by atoms with van der Waals surface area (Å²) in [5.74, 6) is 0.195. The van der Waals surface area contributed by atoms with E-state index >= 15 is 0 Å². The largest absolute Gasteiger partial charge is 0.335 e. The van der Waals surface area contributed by atoms with Gasteiger partial charge in [-0.3, -0.25) is 9.69 Å². The summed E-state index contributed by atoms with van der Waals surface area (Å²) in [4.78, 5) is 19.1. The molecular weight excluding hydrogens is 368 g/mol. The summed E-state index contributed by atoms with van der Waals surface area (Å²) < 4.78 is 1.18. The fraction of sp³-hybridized carbons (Fsp3) is 0.400. The average molecular weight is 385 g/mol. The second-order valence-corrected chi connectivity index (χ2v) is 8.67. The molecule has 0 atom stereocenters. The number of piperazine rings is 1. The van der Waals surface area contributed by atoms with Crippen LogP contribution in [0.5, 0.6) is 0 Å². The molecule has 1 amide bonds. The molecule has 0 aliphatic carbocycles. The summed E-state index contributed by atoms with van der Waals surface area (Å²) in [7, 11) is 0. The Morgan fingerprint density at radius 1 is 1.24 bits per heavy atom. The number of carbonyl (C=O) groups is 1. The molecule has 2 aromatic rings. The van der Waals surface area contributed by atoms with Crippen molar-refractivity contribution in [2.75, 3.05) is 26.2 Å². The van der Waals surface area contributed by atoms with E-state index in [-0.39, 0.29) is 5.91 Å². The molecule has 0 radical (unpaired) electrons. The Labute approximate surface area is 141 Å². The zero-order valence-corrected chi connectivity index (χ0v) is 15.1. The summed E-state index contributed by atoms with van der Waals surface area (Å²) in [6.45, 7) is 6.54. The number of carbonyl (C=O) groups excluding carboxylic acids is 1. The van der Waals surface area contributed by atoms with Crippen molar-refractivity contribution in [3.05, 3.63) is 42.7 Å². The number of rotatable bonds is 3. The Kier molecular flexibility index (Phi) is 4.78. The molecule has 0 spiro atoms. The lowest BCUT2D eigenvalue weighted by Crippen LogP contribution is -2.48. The van der Waals surface area contributed by atoms with Gasteiger partial charge in [0.25, 0.3) is 5.91 Å². The minimum Gasteiger partial charge on any atom is -0.335 e. The first-order chi connectivity index (χ1) is 10.1. The smallest absolute Gasteiger partial charge is 0.264 e. The van der Waals surface area contributed by atoms with Gasteiger partial charge < -0.3 is 4.90 Å². The van der Waals surface area contributed by atoms with Gasteiger partial charge in [-0.1, -0.05) is 0 Å². The predicted octanol–water partition coefficient (Wildman–Crippen LogP) is 3.84. The molecule has 21 heavy (non-hydrogen) atoms. The van der Waals surface area contributed by atoms with Crippen LogP contribution < -0.4 is 0 Å². The molecule has 0 N–H and O–H groups in total. The molecule has 1 saturated heterocycles. The van der Waals surface area contributed by atoms with Crippen molar-refractivity contribution in [3.8, 4) is 0 Å². The highest BCUT2D eigenvalue weighted by Gasteiger charge is 2.23. The predicted molar refractivity (Wildman–Crippen MR) is 92.3 cm³/mol. The zero-order valence-electron chi connectivity index (χ0n) is 11.8. The maximum absolute atomic E-state index is 12.5. The van der Waals surface area contributed by atoms with Gasteiger partial charge in [0.05, 0.1) is 8.66 Å². The Morgan fingerprint density at radius 3 is 2.57 bits per heavy atom. The van der Waals surface area contributed by atoms with Crippen LogP contribution in [0.3, 0.4) is 0 Å². The van der Waals surface area contributed by atoms with Gasteiger partial charge in [-0.05, 0) is 52.0 Å². The fourth-order valence-electron chi connectivity index (χ4n) is 2.50. The van der Waals surface area contributed by atoms with Crippen molar-refractivity contribution in [2.24, 2.45) is 0 Å². The first-order valence-electron chi connectivity index (χ1n) is 6.93. The molecule has 0 aromatic carbocycles. The lowest BCUT2D eigenvalue weighted by Gasteiger charge is -2.34. The summed E-state index contributed by atoms with van der Waals surface area (Å²) >= 11 is 6.84. The topological polar surface area (TPSA) is 23.6 Å². The number of nitrogens with zero attached hydrogens (tertiary/aromatic N) is 2. The minimum absolute atomic E-state index is 0.195. The van der Waals surface area contributed by atoms with Crippen LogP contribution in [0.4, 0.5) is 0 Å². The molecular formula is C15H17BrN2OS2. The van der Waals surface area contributed by atoms with Crippen LogP contribution in [-0.2, 0) is 6.54 Å². The Morgan fingerprint density at radius 2 is 2.00 bits per heavy atom. The number of hydrogen-bond donors (Lipinski definition) is 0. The monoisotopic (exact) mass is 384 g/mol. The third kappa shape index (κ3) is 3.56. The second kappa shape index (κ2) is 6.60. The van der Waals surface area contributed by atoms with E-state index in [2.05, 4.69) is 33.0 Å². The molecule has 1 aliphatic rings. The highest BCUT2D eigenvalue weighted by atomic mass is 79.9. The van der Waals surface area contributed by atoms with E-state index in [0.717, 1.165) is 43.2 Å². The molecule has 3 heterocycles. The molecule has 3 nitrogen and oxygen atoms in total. The molecule has 0 bridgehead atoms. The van der Waals surface area contributed by atoms with E-state index in [9.17, 15) is 4.79 Å². The highest BCUT2D eigenvalue weighted by molar-refractivity contribution is 9.11. The fourth-order valence-corrected chi connectivity index (χ4v) is 4.92. The maximum atomic E-state index is 12.5. The number of hydrogen-bond acceptors (Lipinski definition) is 4. The second-order valence-electron chi connectivity index (χ2n) is 5.21. The van der Waals surface area contributed by atoms with Gasteiger partial charge in [-0.15, -0.1) is 22.7 Å². The Balaban J connectivity index is 1.55. The van der Waals surface area contributed by atoms with Crippen LogP contribution in [0, 0.1) is 6.92 Å². The van der Waals surface area contributed by atoms with Crippen molar-refractivity contribution in [1.82, 2.24) is 9.80 Å². The van der Waals surface area contributed by atoms with E-state index in [0.29, 0.717) is 0 Å². The van der Waals surface area contributed by atoms with Crippen LogP contribution in [-0.4, -0.2) is 41.9 Å². The van der Waals surface area contributed by atoms with Gasteiger partial charge in [0.15, 0.2) is 0 Å². The highest BCUT2D eigenvalue weighted by Crippen LogP contribution is 2.24. The third-order valence-electron chi connectivity index (χ3n) is 3.72. The van der Waals surface area contributed by atoms with Crippen LogP contribution in [0.1, 0.15) is 20.1 Å². The van der Waals surface area contributed by atoms with Gasteiger partial charge in [0.1, 0.15) is 0 Å². The van der Waals surface area contributed by atoms with E-state index in [1.54, 1.807) is 22.7 Å². The summed E-state index contributed by atoms with van der Waals surface area (Å²) in [5, 5.41) is 1.99. The van der Waals surface area contributed by atoms with Gasteiger partial charge >= 0.3 is 0 Å². The lowest BCUT2D eigenvalue weighted by atomic mass is 10.2. The molecule has 0 saturated carbocycles. The lowest BCUT2D eigenvalue weighted by molar-refractivity contribution is 0.0634. The van der Waals surface area contributed by atoms with Crippen LogP contribution >= 0.6 is 38.6 Å². The van der Waals surface area contributed by atoms with Gasteiger partial charge in [-0.2, -0.15) is 0 Å². The number of aryl methyl sites for hydroxylation is 1. The van der Waals surface area contributed by atoms with Crippen molar-refractivity contribution in [2.45, 2.75) is 13.5 Å². The zero-order chi connectivity index (χ0) is 14.8. The average Bonchev–Trinajstić information content (AvgIpc) is 3.08. The van der Waals surface area contributed by atoms with E-state index in [1.807, 2.05) is 23.3 Å². The van der Waals surface area contributed by atoms with E-state index in [1.165, 1.54) is 8.66 Å². The first kappa shape index (κ1) is 15.2. The minimum atomic E-state index is 0.195. The van der Waals surface area contributed by atoms with Gasteiger partial charge in [0, 0.05) is 37.6 Å². The SMILES string of the molecule is Cc1ccsc1C(=O)N1CCN(Cc2ccc(Br)s2)CC1. The maximum Gasteiger partial charge on any atom is 0.264 e. The van der Waals surface area contributed by atoms with E-state index < -0.39 is 0 Å². The third-order valence-corrected chi connectivity index (χ3v) is 6.34. The van der Waals surface area contributed by atoms with Crippen molar-refractivity contribution in [3.63, 3.8) is 0 Å². The van der Waals surface area contributed by atoms with E-state index in [4.69, 9.17) is 0 Å². The summed E-state index contributed by atoms with van der Waals surface area (Å²) in [6, 6.07) is 6.28. The molecule has 112 valence electrons. The Hall–Kier alpha value is -0.690. The van der Waals surface area contributed by atoms with Crippen molar-refractivity contribution < 1.29 is 4.79 Å². The molecule has 3 rings (SSSR count). The van der Waals surface area contributed by atoms with Crippen molar-refractivity contribution >= 4 is 44.5 Å². The molecule has 1 aliphatic heterocycles. The quantitative estimate of drug-likeness (QED) is 0.802. The number of amides is 1. The molecule has 6 heteroatoms. The number of thiophene rings is 2. The van der Waals surface area contributed by atoms with Crippen LogP contribution in [0.15, 0.2) is 27.4 Å². The molecule has 2 aromatic heterocycles. The standard InChI is InChI=1S/C15H17BrN2OS2/c1-11-4-9-20-14(11)15(19)18-7-5-17(6-8-18)10-12-2-3-13(16)21-12/h2-4,9H,5-8,10H2,1H3. The molecule has 1 fully saturated rings. The number of halogens is 1. The van der Waals surface area contributed by atoms with Gasteiger partial charge in [-0.25, -0.2) is 0 Å². The first-order valence-corrected chi connectivity index (χ1v) is 9.42. The van der Waals surface area contributed by atoms with Gasteiger partial charge in [0.2, 0.25) is 0 Å². The van der Waals surface area contributed by atoms with Crippen molar-refractivity contribution in [1.29, 1.82) is 0 Å². The summed E-state index contributed by atoms with van der Waals surface area (Å²) in [5.41, 5.74) is 1.09. The molecule has 0 unspecified atom stereocenters. The normalized spacial score (nSPS) is 16.4. The summed E-state index contributed by atoms with van der Waals surface area (Å²) in [6.07, 6.45) is 0.